The van der Waals surface area contributed by atoms with Crippen LogP contribution in [0.25, 0.3) is 0 Å². The molecule has 0 bridgehead atoms. The molecule has 0 aliphatic heterocycles. The van der Waals surface area contributed by atoms with Crippen LogP contribution in [0.5, 0.6) is 0 Å². The number of rotatable bonds is 2. The Morgan fingerprint density at radius 2 is 1.18 bits per heavy atom. The Hall–Kier alpha value is -1.11. The van der Waals surface area contributed by atoms with Crippen molar-refractivity contribution in [1.29, 1.82) is 0 Å². The van der Waals surface area contributed by atoms with Crippen LogP contribution in [0.3, 0.4) is 0 Å². The van der Waals surface area contributed by atoms with E-state index in [1.54, 1.807) is 30.3 Å². The van der Waals surface area contributed by atoms with Crippen molar-refractivity contribution in [3.8, 4) is 0 Å². The average molecular weight is 280 g/mol. The van der Waals surface area contributed by atoms with E-state index in [0.717, 1.165) is 0 Å². The molecule has 0 heterocycles. The van der Waals surface area contributed by atoms with Crippen LogP contribution in [0, 0.1) is 0 Å². The lowest BCUT2D eigenvalue weighted by molar-refractivity contribution is 0.482. The van der Waals surface area contributed by atoms with E-state index in [-0.39, 0.29) is 38.6 Å². The van der Waals surface area contributed by atoms with Crippen molar-refractivity contribution >= 4 is 10.1 Å². The fraction of sp³-hybridized carbons (Fsp3) is 0.143. The minimum atomic E-state index is -3.88. The predicted octanol–water partition coefficient (Wildman–Crippen LogP) is -3.87. The molecule has 9 nitrogen and oxygen atoms in total. The Morgan fingerprint density at radius 3 is 1.47 bits per heavy atom. The molecule has 1 rings (SSSR count). The molecule has 108 valence electrons. The maximum atomic E-state index is 10.4. The van der Waals surface area contributed by atoms with Crippen molar-refractivity contribution in [1.82, 2.24) is 0 Å². The van der Waals surface area contributed by atoms with Crippen LogP contribution < -0.4 is 0 Å². The molecule has 0 spiro atoms. The number of benzene rings is 1. The first kappa shape index (κ1) is 36.0. The molecule has 13 N–H and O–H groups in total. The summed E-state index contributed by atoms with van der Waals surface area (Å²) < 4.78 is 29.2. The fourth-order valence-corrected chi connectivity index (χ4v) is 1.40. The summed E-state index contributed by atoms with van der Waals surface area (Å²) >= 11 is 0. The van der Waals surface area contributed by atoms with Gasteiger partial charge in [0, 0.05) is 0 Å². The molecular weight excluding hydrogens is 260 g/mol. The van der Waals surface area contributed by atoms with Gasteiger partial charge in [-0.1, -0.05) is 30.3 Å². The molecule has 0 fully saturated rings. The summed E-state index contributed by atoms with van der Waals surface area (Å²) in [4.78, 5) is 0. The van der Waals surface area contributed by atoms with Crippen LogP contribution >= 0.6 is 0 Å². The van der Waals surface area contributed by atoms with E-state index < -0.39 is 10.1 Å². The SMILES string of the molecule is O.O.O.O.O.O.O=S(=O)(O)Cc1ccccc1. The van der Waals surface area contributed by atoms with Crippen LogP contribution in [0.1, 0.15) is 5.56 Å². The highest BCUT2D eigenvalue weighted by Crippen LogP contribution is 2.02. The molecule has 0 radical (unpaired) electrons. The second-order valence-corrected chi connectivity index (χ2v) is 3.66. The Bertz CT molecular complexity index is 322. The minimum Gasteiger partial charge on any atom is -0.412 e. The summed E-state index contributed by atoms with van der Waals surface area (Å²) in [7, 11) is -3.88. The van der Waals surface area contributed by atoms with Gasteiger partial charge in [-0.15, -0.1) is 0 Å². The second kappa shape index (κ2) is 14.9. The van der Waals surface area contributed by atoms with Gasteiger partial charge < -0.3 is 32.9 Å². The van der Waals surface area contributed by atoms with Gasteiger partial charge in [0.15, 0.2) is 0 Å². The van der Waals surface area contributed by atoms with Gasteiger partial charge in [-0.2, -0.15) is 8.42 Å². The molecular formula is C7H20O9S. The van der Waals surface area contributed by atoms with Crippen LogP contribution in [0.2, 0.25) is 0 Å². The summed E-state index contributed by atoms with van der Waals surface area (Å²) in [6, 6.07) is 8.52. The van der Waals surface area contributed by atoms with Crippen LogP contribution in [-0.2, 0) is 15.9 Å². The minimum absolute atomic E-state index is 0. The number of hydrogen-bond acceptors (Lipinski definition) is 2. The third kappa shape index (κ3) is 17.5. The fourth-order valence-electron chi connectivity index (χ4n) is 0.785. The zero-order valence-corrected chi connectivity index (χ0v) is 9.58. The number of hydrogen-bond donors (Lipinski definition) is 1. The van der Waals surface area contributed by atoms with Crippen molar-refractivity contribution in [3.63, 3.8) is 0 Å². The zero-order chi connectivity index (χ0) is 8.32. The molecule has 10 heteroatoms. The largest absolute Gasteiger partial charge is 0.412 e. The topological polar surface area (TPSA) is 243 Å². The quantitative estimate of drug-likeness (QED) is 0.534. The van der Waals surface area contributed by atoms with Gasteiger partial charge in [0.25, 0.3) is 10.1 Å². The van der Waals surface area contributed by atoms with Gasteiger partial charge in [0.1, 0.15) is 5.75 Å². The smallest absolute Gasteiger partial charge is 0.269 e. The molecule has 17 heavy (non-hydrogen) atoms. The first-order valence-electron chi connectivity index (χ1n) is 3.07. The normalized spacial score (nSPS) is 7.35. The van der Waals surface area contributed by atoms with E-state index in [1.807, 2.05) is 0 Å². The Kier molecular flexibility index (Phi) is 31.5. The summed E-state index contributed by atoms with van der Waals surface area (Å²) in [5.41, 5.74) is 0.593. The van der Waals surface area contributed by atoms with Gasteiger partial charge in [-0.3, -0.25) is 4.55 Å². The molecule has 0 saturated heterocycles. The average Bonchev–Trinajstić information content (AvgIpc) is 1.85. The van der Waals surface area contributed by atoms with E-state index in [4.69, 9.17) is 4.55 Å². The molecule has 0 aliphatic rings. The summed E-state index contributed by atoms with van der Waals surface area (Å²) in [5, 5.41) is 0. The zero-order valence-electron chi connectivity index (χ0n) is 8.77. The molecule has 0 aromatic heterocycles. The Labute approximate surface area is 98.3 Å². The van der Waals surface area contributed by atoms with Crippen molar-refractivity contribution in [2.24, 2.45) is 0 Å². The summed E-state index contributed by atoms with van der Waals surface area (Å²) in [6.07, 6.45) is 0. The maximum absolute atomic E-state index is 10.4. The third-order valence-electron chi connectivity index (χ3n) is 1.19. The van der Waals surface area contributed by atoms with E-state index in [9.17, 15) is 8.42 Å². The van der Waals surface area contributed by atoms with Gasteiger partial charge in [-0.05, 0) is 5.56 Å². The van der Waals surface area contributed by atoms with Crippen molar-refractivity contribution < 1.29 is 45.8 Å². The van der Waals surface area contributed by atoms with Gasteiger partial charge in [0.2, 0.25) is 0 Å². The van der Waals surface area contributed by atoms with E-state index in [0.29, 0.717) is 5.56 Å². The van der Waals surface area contributed by atoms with Crippen LogP contribution in [-0.4, -0.2) is 45.8 Å². The van der Waals surface area contributed by atoms with Crippen molar-refractivity contribution in [2.75, 3.05) is 0 Å². The first-order chi connectivity index (χ1) is 5.08. The van der Waals surface area contributed by atoms with E-state index >= 15 is 0 Å². The molecule has 0 aliphatic carbocycles. The summed E-state index contributed by atoms with van der Waals surface area (Å²) in [5.74, 6) is -0.312. The molecule has 0 saturated carbocycles. The first-order valence-corrected chi connectivity index (χ1v) is 4.68. The summed E-state index contributed by atoms with van der Waals surface area (Å²) in [6.45, 7) is 0. The Morgan fingerprint density at radius 1 is 0.824 bits per heavy atom. The van der Waals surface area contributed by atoms with Gasteiger partial charge in [-0.25, -0.2) is 0 Å². The monoisotopic (exact) mass is 280 g/mol. The van der Waals surface area contributed by atoms with Gasteiger partial charge >= 0.3 is 0 Å². The van der Waals surface area contributed by atoms with E-state index in [1.165, 1.54) is 0 Å². The molecule has 0 amide bonds. The highest BCUT2D eigenvalue weighted by atomic mass is 32.2. The molecule has 1 aromatic carbocycles. The third-order valence-corrected chi connectivity index (χ3v) is 1.89. The van der Waals surface area contributed by atoms with Gasteiger partial charge in [0.05, 0.1) is 0 Å². The highest BCUT2D eigenvalue weighted by Gasteiger charge is 2.04. The lowest BCUT2D eigenvalue weighted by Gasteiger charge is -1.95. The van der Waals surface area contributed by atoms with Crippen molar-refractivity contribution in [3.05, 3.63) is 35.9 Å². The van der Waals surface area contributed by atoms with E-state index in [2.05, 4.69) is 0 Å². The van der Waals surface area contributed by atoms with Crippen LogP contribution in [0.4, 0.5) is 0 Å². The predicted molar refractivity (Wildman–Crippen MR) is 63.4 cm³/mol. The highest BCUT2D eigenvalue weighted by molar-refractivity contribution is 7.85. The second-order valence-electron chi connectivity index (χ2n) is 2.21. The van der Waals surface area contributed by atoms with Crippen molar-refractivity contribution in [2.45, 2.75) is 5.75 Å². The molecule has 0 atom stereocenters. The molecule has 0 unspecified atom stereocenters. The Balaban J connectivity index is -0.0000000504. The molecule has 1 aromatic rings. The standard InChI is InChI=1S/C7H8O3S.6H2O/c8-11(9,10)6-7-4-2-1-3-5-7;;;;;;/h1-5H,6H2,(H,8,9,10);6*1H2. The van der Waals surface area contributed by atoms with Crippen LogP contribution in [0.15, 0.2) is 30.3 Å². The lowest BCUT2D eigenvalue weighted by atomic mass is 10.2. The maximum Gasteiger partial charge on any atom is 0.269 e. The lowest BCUT2D eigenvalue weighted by Crippen LogP contribution is -2.00.